The first-order valence-electron chi connectivity index (χ1n) is 8.20. The van der Waals surface area contributed by atoms with E-state index in [2.05, 4.69) is 11.9 Å². The van der Waals surface area contributed by atoms with Crippen molar-refractivity contribution >= 4 is 5.91 Å². The topological polar surface area (TPSA) is 51.7 Å². The minimum atomic E-state index is 0.0217. The van der Waals surface area contributed by atoms with Gasteiger partial charge in [0.25, 0.3) is 5.91 Å². The van der Waals surface area contributed by atoms with Crippen molar-refractivity contribution in [2.24, 2.45) is 0 Å². The molecule has 1 aromatic heterocycles. The van der Waals surface area contributed by atoms with E-state index in [9.17, 15) is 4.79 Å². The van der Waals surface area contributed by atoms with Crippen LogP contribution in [0.15, 0.2) is 48.8 Å². The van der Waals surface area contributed by atoms with Crippen LogP contribution in [0.3, 0.4) is 0 Å². The minimum absolute atomic E-state index is 0.0217. The molecule has 0 aliphatic heterocycles. The smallest absolute Gasteiger partial charge is 0.253 e. The number of carbonyl (C=O) groups excluding carboxylic acids is 1. The molecule has 0 saturated heterocycles. The predicted octanol–water partition coefficient (Wildman–Crippen LogP) is 3.76. The summed E-state index contributed by atoms with van der Waals surface area (Å²) in [6, 6.07) is 10.8. The van der Waals surface area contributed by atoms with Crippen LogP contribution in [0.5, 0.6) is 11.5 Å². The Bertz CT molecular complexity index is 606. The molecule has 0 fully saturated rings. The minimum Gasteiger partial charge on any atom is -0.456 e. The highest BCUT2D eigenvalue weighted by Gasteiger charge is 2.15. The molecule has 24 heavy (non-hydrogen) atoms. The molecule has 0 spiro atoms. The van der Waals surface area contributed by atoms with Crippen molar-refractivity contribution in [2.45, 2.75) is 19.8 Å². The van der Waals surface area contributed by atoms with Crippen LogP contribution in [0, 0.1) is 0 Å². The quantitative estimate of drug-likeness (QED) is 0.703. The zero-order chi connectivity index (χ0) is 17.2. The predicted molar refractivity (Wildman–Crippen MR) is 93.4 cm³/mol. The molecule has 0 radical (unpaired) electrons. The second-order valence-electron chi connectivity index (χ2n) is 5.45. The molecule has 5 heteroatoms. The van der Waals surface area contributed by atoms with E-state index < -0.39 is 0 Å². The monoisotopic (exact) mass is 328 g/mol. The van der Waals surface area contributed by atoms with E-state index in [1.807, 2.05) is 17.0 Å². The Labute approximate surface area is 143 Å². The Balaban J connectivity index is 2.02. The lowest BCUT2D eigenvalue weighted by atomic mass is 10.1. The van der Waals surface area contributed by atoms with Crippen molar-refractivity contribution in [1.82, 2.24) is 9.88 Å². The molecular weight excluding hydrogens is 304 g/mol. The normalized spacial score (nSPS) is 10.4. The van der Waals surface area contributed by atoms with Gasteiger partial charge >= 0.3 is 0 Å². The summed E-state index contributed by atoms with van der Waals surface area (Å²) < 4.78 is 10.8. The van der Waals surface area contributed by atoms with Crippen LogP contribution in [0.2, 0.25) is 0 Å². The van der Waals surface area contributed by atoms with E-state index in [0.29, 0.717) is 30.2 Å². The highest BCUT2D eigenvalue weighted by molar-refractivity contribution is 5.94. The molecule has 0 bridgehead atoms. The van der Waals surface area contributed by atoms with Crippen LogP contribution in [0.1, 0.15) is 30.1 Å². The highest BCUT2D eigenvalue weighted by Crippen LogP contribution is 2.21. The molecule has 1 heterocycles. The molecule has 0 unspecified atom stereocenters. The van der Waals surface area contributed by atoms with Gasteiger partial charge in [-0.1, -0.05) is 13.3 Å². The summed E-state index contributed by atoms with van der Waals surface area (Å²) in [5, 5.41) is 0. The van der Waals surface area contributed by atoms with Crippen LogP contribution in [-0.2, 0) is 4.74 Å². The van der Waals surface area contributed by atoms with Crippen molar-refractivity contribution in [2.75, 3.05) is 26.8 Å². The molecule has 0 aliphatic carbocycles. The highest BCUT2D eigenvalue weighted by atomic mass is 16.5. The number of unbranched alkanes of at least 4 members (excludes halogenated alkanes) is 1. The number of methoxy groups -OCH3 is 1. The van der Waals surface area contributed by atoms with E-state index in [1.165, 1.54) is 0 Å². The summed E-state index contributed by atoms with van der Waals surface area (Å²) in [6.45, 7) is 4.00. The van der Waals surface area contributed by atoms with Gasteiger partial charge in [0.05, 0.1) is 12.8 Å². The average Bonchev–Trinajstić information content (AvgIpc) is 2.63. The molecule has 2 rings (SSSR count). The summed E-state index contributed by atoms with van der Waals surface area (Å²) >= 11 is 0. The summed E-state index contributed by atoms with van der Waals surface area (Å²) in [5.74, 6) is 1.37. The Morgan fingerprint density at radius 1 is 1.12 bits per heavy atom. The fourth-order valence-corrected chi connectivity index (χ4v) is 2.26. The summed E-state index contributed by atoms with van der Waals surface area (Å²) in [6.07, 6.45) is 5.38. The van der Waals surface area contributed by atoms with Gasteiger partial charge in [0.2, 0.25) is 0 Å². The summed E-state index contributed by atoms with van der Waals surface area (Å²) in [5.41, 5.74) is 0.653. The number of hydrogen-bond donors (Lipinski definition) is 0. The number of hydrogen-bond acceptors (Lipinski definition) is 4. The second kappa shape index (κ2) is 9.67. The molecule has 0 N–H and O–H groups in total. The average molecular weight is 328 g/mol. The third kappa shape index (κ3) is 5.35. The van der Waals surface area contributed by atoms with Crippen LogP contribution in [0.4, 0.5) is 0 Å². The maximum atomic E-state index is 12.6. The van der Waals surface area contributed by atoms with Crippen molar-refractivity contribution < 1.29 is 14.3 Å². The van der Waals surface area contributed by atoms with Crippen molar-refractivity contribution in [3.8, 4) is 11.5 Å². The first kappa shape index (κ1) is 17.9. The first-order chi connectivity index (χ1) is 11.7. The molecule has 0 saturated carbocycles. The van der Waals surface area contributed by atoms with E-state index in [4.69, 9.17) is 9.47 Å². The van der Waals surface area contributed by atoms with E-state index in [1.54, 1.807) is 43.8 Å². The first-order valence-corrected chi connectivity index (χ1v) is 8.20. The fourth-order valence-electron chi connectivity index (χ4n) is 2.26. The summed E-state index contributed by atoms with van der Waals surface area (Å²) in [4.78, 5) is 18.5. The van der Waals surface area contributed by atoms with Crippen molar-refractivity contribution in [3.05, 3.63) is 54.4 Å². The Morgan fingerprint density at radius 3 is 2.54 bits per heavy atom. The Morgan fingerprint density at radius 2 is 1.92 bits per heavy atom. The zero-order valence-corrected chi connectivity index (χ0v) is 14.3. The lowest BCUT2D eigenvalue weighted by Crippen LogP contribution is -2.34. The maximum absolute atomic E-state index is 12.6. The van der Waals surface area contributed by atoms with Gasteiger partial charge < -0.3 is 14.4 Å². The maximum Gasteiger partial charge on any atom is 0.253 e. The number of rotatable bonds is 9. The van der Waals surface area contributed by atoms with Gasteiger partial charge in [-0.15, -0.1) is 0 Å². The number of nitrogens with zero attached hydrogens (tertiary/aromatic N) is 2. The Hall–Kier alpha value is -2.40. The molecular formula is C19H24N2O3. The van der Waals surface area contributed by atoms with Crippen LogP contribution in [-0.4, -0.2) is 42.6 Å². The van der Waals surface area contributed by atoms with Crippen molar-refractivity contribution in [3.63, 3.8) is 0 Å². The molecule has 2 aromatic rings. The van der Waals surface area contributed by atoms with E-state index in [-0.39, 0.29) is 5.91 Å². The van der Waals surface area contributed by atoms with Gasteiger partial charge in [0, 0.05) is 32.0 Å². The van der Waals surface area contributed by atoms with Crippen LogP contribution < -0.4 is 4.74 Å². The molecule has 1 aromatic carbocycles. The lowest BCUT2D eigenvalue weighted by molar-refractivity contribution is 0.0693. The van der Waals surface area contributed by atoms with Gasteiger partial charge in [-0.2, -0.15) is 0 Å². The molecule has 128 valence electrons. The number of amides is 1. The van der Waals surface area contributed by atoms with Crippen molar-refractivity contribution in [1.29, 1.82) is 0 Å². The number of ether oxygens (including phenoxy) is 2. The fraction of sp³-hybridized carbons (Fsp3) is 0.368. The zero-order valence-electron chi connectivity index (χ0n) is 14.3. The van der Waals surface area contributed by atoms with E-state index >= 15 is 0 Å². The van der Waals surface area contributed by atoms with Crippen LogP contribution >= 0.6 is 0 Å². The van der Waals surface area contributed by atoms with Crippen LogP contribution in [0.25, 0.3) is 0 Å². The number of carbonyl (C=O) groups is 1. The third-order valence-corrected chi connectivity index (χ3v) is 3.61. The third-order valence-electron chi connectivity index (χ3n) is 3.61. The summed E-state index contributed by atoms with van der Waals surface area (Å²) in [7, 11) is 1.65. The van der Waals surface area contributed by atoms with Gasteiger partial charge in [-0.25, -0.2) is 0 Å². The Kier molecular flexibility index (Phi) is 7.23. The lowest BCUT2D eigenvalue weighted by Gasteiger charge is -2.22. The second-order valence-corrected chi connectivity index (χ2v) is 5.45. The van der Waals surface area contributed by atoms with Gasteiger partial charge in [-0.3, -0.25) is 9.78 Å². The number of benzene rings is 1. The van der Waals surface area contributed by atoms with Gasteiger partial charge in [0.15, 0.2) is 0 Å². The number of pyridine rings is 1. The number of aromatic nitrogens is 1. The van der Waals surface area contributed by atoms with Gasteiger partial charge in [0.1, 0.15) is 11.5 Å². The largest absolute Gasteiger partial charge is 0.456 e. The molecule has 0 aliphatic rings. The SMILES string of the molecule is CCCCN(CCOC)C(=O)c1ccc(Oc2cccnc2)cc1. The molecule has 1 amide bonds. The van der Waals surface area contributed by atoms with E-state index in [0.717, 1.165) is 19.4 Å². The molecule has 5 nitrogen and oxygen atoms in total. The standard InChI is InChI=1S/C19H24N2O3/c1-3-4-12-21(13-14-23-2)19(22)16-7-9-17(10-8-16)24-18-6-5-11-20-15-18/h5-11,15H,3-4,12-14H2,1-2H3. The van der Waals surface area contributed by atoms with Gasteiger partial charge in [-0.05, 0) is 42.8 Å². The molecule has 0 atom stereocenters.